The number of amides is 1. The number of rotatable bonds is 6. The summed E-state index contributed by atoms with van der Waals surface area (Å²) < 4.78 is 44.8. The number of carbonyl (C=O) groups excluding carboxylic acids is 1. The van der Waals surface area contributed by atoms with Crippen molar-refractivity contribution in [3.63, 3.8) is 0 Å². The van der Waals surface area contributed by atoms with Gasteiger partial charge in [0.15, 0.2) is 0 Å². The molecule has 0 unspecified atom stereocenters. The third-order valence-corrected chi connectivity index (χ3v) is 5.80. The standard InChI is InChI=1S/C27H25F3N4O2/c1-16-11-22(27(28,29)30)7-8-23(16)36-25-24-20(9-10-33-25)15-34(26(24)35)14-18-3-5-19(6-4-18)21(13-31)12-17(2)32/h3-13H,14-15,31-32H2,1-2H3/b17-12-,21-13+. The van der Waals surface area contributed by atoms with Gasteiger partial charge in [-0.25, -0.2) is 4.98 Å². The van der Waals surface area contributed by atoms with E-state index in [4.69, 9.17) is 16.2 Å². The van der Waals surface area contributed by atoms with Crippen LogP contribution in [-0.4, -0.2) is 15.8 Å². The maximum Gasteiger partial charge on any atom is 0.416 e. The Hall–Kier alpha value is -4.27. The Morgan fingerprint density at radius 1 is 1.17 bits per heavy atom. The van der Waals surface area contributed by atoms with E-state index in [1.165, 1.54) is 25.4 Å². The van der Waals surface area contributed by atoms with Crippen LogP contribution in [-0.2, 0) is 19.3 Å². The molecular weight excluding hydrogens is 469 g/mol. The lowest BCUT2D eigenvalue weighted by Crippen LogP contribution is -2.23. The highest BCUT2D eigenvalue weighted by atomic mass is 19.4. The van der Waals surface area contributed by atoms with Crippen LogP contribution in [0, 0.1) is 6.92 Å². The van der Waals surface area contributed by atoms with Crippen molar-refractivity contribution in [3.8, 4) is 11.6 Å². The van der Waals surface area contributed by atoms with Crippen LogP contribution < -0.4 is 16.2 Å². The molecule has 0 saturated heterocycles. The second-order valence-corrected chi connectivity index (χ2v) is 8.60. The van der Waals surface area contributed by atoms with Gasteiger partial charge < -0.3 is 21.1 Å². The molecule has 36 heavy (non-hydrogen) atoms. The van der Waals surface area contributed by atoms with E-state index in [1.54, 1.807) is 24.0 Å². The van der Waals surface area contributed by atoms with E-state index >= 15 is 0 Å². The lowest BCUT2D eigenvalue weighted by atomic mass is 10.0. The molecule has 0 radical (unpaired) electrons. The summed E-state index contributed by atoms with van der Waals surface area (Å²) >= 11 is 0. The number of carbonyl (C=O) groups is 1. The van der Waals surface area contributed by atoms with E-state index in [2.05, 4.69) is 4.98 Å². The molecule has 4 rings (SSSR count). The van der Waals surface area contributed by atoms with Gasteiger partial charge in [0.05, 0.1) is 5.56 Å². The molecule has 1 amide bonds. The van der Waals surface area contributed by atoms with Crippen LogP contribution in [0.2, 0.25) is 0 Å². The lowest BCUT2D eigenvalue weighted by molar-refractivity contribution is -0.137. The topological polar surface area (TPSA) is 94.5 Å². The molecule has 2 aromatic carbocycles. The number of ether oxygens (including phenoxy) is 1. The van der Waals surface area contributed by atoms with E-state index in [0.717, 1.165) is 34.4 Å². The first kappa shape index (κ1) is 24.8. The summed E-state index contributed by atoms with van der Waals surface area (Å²) in [4.78, 5) is 19.1. The van der Waals surface area contributed by atoms with Crippen molar-refractivity contribution in [2.75, 3.05) is 0 Å². The second kappa shape index (κ2) is 9.77. The number of hydrogen-bond donors (Lipinski definition) is 2. The maximum absolute atomic E-state index is 13.2. The average molecular weight is 495 g/mol. The molecule has 3 aromatic rings. The third-order valence-electron chi connectivity index (χ3n) is 5.80. The minimum atomic E-state index is -4.45. The molecule has 0 fully saturated rings. The van der Waals surface area contributed by atoms with Gasteiger partial charge in [-0.15, -0.1) is 0 Å². The summed E-state index contributed by atoms with van der Waals surface area (Å²) in [5, 5.41) is 0. The van der Waals surface area contributed by atoms with Crippen molar-refractivity contribution in [1.82, 2.24) is 9.88 Å². The number of fused-ring (bicyclic) bond motifs is 1. The molecular formula is C27H25F3N4O2. The van der Waals surface area contributed by atoms with Gasteiger partial charge in [-0.05, 0) is 72.0 Å². The highest BCUT2D eigenvalue weighted by Gasteiger charge is 2.33. The Kier molecular flexibility index (Phi) is 6.74. The first-order chi connectivity index (χ1) is 17.1. The van der Waals surface area contributed by atoms with E-state index in [9.17, 15) is 18.0 Å². The van der Waals surface area contributed by atoms with Crippen molar-refractivity contribution < 1.29 is 22.7 Å². The number of nitrogens with two attached hydrogens (primary N) is 2. The third kappa shape index (κ3) is 5.19. The summed E-state index contributed by atoms with van der Waals surface area (Å²) in [7, 11) is 0. The Labute approximate surface area is 206 Å². The molecule has 4 N–H and O–H groups in total. The summed E-state index contributed by atoms with van der Waals surface area (Å²) in [5.74, 6) is 0.0158. The molecule has 1 aliphatic rings. The van der Waals surface area contributed by atoms with E-state index < -0.39 is 11.7 Å². The molecule has 0 aliphatic carbocycles. The predicted octanol–water partition coefficient (Wildman–Crippen LogP) is 5.52. The zero-order chi connectivity index (χ0) is 26.0. The van der Waals surface area contributed by atoms with Crippen LogP contribution in [0.4, 0.5) is 13.2 Å². The smallest absolute Gasteiger partial charge is 0.416 e. The molecule has 0 spiro atoms. The first-order valence-corrected chi connectivity index (χ1v) is 11.1. The lowest BCUT2D eigenvalue weighted by Gasteiger charge is -2.16. The largest absolute Gasteiger partial charge is 0.438 e. The maximum atomic E-state index is 13.2. The van der Waals surface area contributed by atoms with Gasteiger partial charge in [0, 0.05) is 31.2 Å². The minimum Gasteiger partial charge on any atom is -0.438 e. The van der Waals surface area contributed by atoms with Gasteiger partial charge in [-0.1, -0.05) is 24.3 Å². The van der Waals surface area contributed by atoms with Crippen LogP contribution in [0.25, 0.3) is 5.57 Å². The molecule has 1 aromatic heterocycles. The summed E-state index contributed by atoms with van der Waals surface area (Å²) in [6.07, 6.45) is 0.334. The van der Waals surface area contributed by atoms with E-state index in [1.807, 2.05) is 24.3 Å². The predicted molar refractivity (Wildman–Crippen MR) is 131 cm³/mol. The zero-order valence-electron chi connectivity index (χ0n) is 19.8. The number of aromatic nitrogens is 1. The fraction of sp³-hybridized carbons (Fsp3) is 0.185. The van der Waals surface area contributed by atoms with Crippen molar-refractivity contribution in [3.05, 3.63) is 106 Å². The number of hydrogen-bond acceptors (Lipinski definition) is 5. The summed E-state index contributed by atoms with van der Waals surface area (Å²) in [5.41, 5.74) is 15.3. The molecule has 6 nitrogen and oxygen atoms in total. The molecule has 186 valence electrons. The van der Waals surface area contributed by atoms with Crippen LogP contribution in [0.3, 0.4) is 0 Å². The van der Waals surface area contributed by atoms with Crippen molar-refractivity contribution in [1.29, 1.82) is 0 Å². The number of alkyl halides is 3. The van der Waals surface area contributed by atoms with Crippen molar-refractivity contribution in [2.45, 2.75) is 33.1 Å². The van der Waals surface area contributed by atoms with Crippen LogP contribution in [0.15, 0.2) is 72.7 Å². The SMILES string of the molecule is C/C(N)=C/C(=C\N)c1ccc(CN2Cc3ccnc(Oc4ccc(C(F)(F)F)cc4C)c3C2=O)cc1. The molecule has 1 aliphatic heterocycles. The summed E-state index contributed by atoms with van der Waals surface area (Å²) in [6.45, 7) is 4.02. The van der Waals surface area contributed by atoms with Crippen LogP contribution in [0.5, 0.6) is 11.6 Å². The van der Waals surface area contributed by atoms with Gasteiger partial charge in [0.25, 0.3) is 5.91 Å². The Balaban J connectivity index is 1.52. The molecule has 9 heteroatoms. The highest BCUT2D eigenvalue weighted by Crippen LogP contribution is 2.36. The Bertz CT molecular complexity index is 1360. The number of allylic oxidation sites excluding steroid dienone is 3. The monoisotopic (exact) mass is 494 g/mol. The summed E-state index contributed by atoms with van der Waals surface area (Å²) in [6, 6.07) is 12.6. The first-order valence-electron chi connectivity index (χ1n) is 11.1. The number of halogens is 3. The highest BCUT2D eigenvalue weighted by molar-refractivity contribution is 6.00. The van der Waals surface area contributed by atoms with Gasteiger partial charge in [0.2, 0.25) is 5.88 Å². The number of benzene rings is 2. The van der Waals surface area contributed by atoms with Gasteiger partial charge >= 0.3 is 6.18 Å². The zero-order valence-corrected chi connectivity index (χ0v) is 19.8. The minimum absolute atomic E-state index is 0.0693. The normalized spacial score (nSPS) is 14.2. The number of nitrogens with zero attached hydrogens (tertiary/aromatic N) is 2. The van der Waals surface area contributed by atoms with Crippen molar-refractivity contribution in [2.24, 2.45) is 11.5 Å². The quantitative estimate of drug-likeness (QED) is 0.440. The van der Waals surface area contributed by atoms with Crippen molar-refractivity contribution >= 4 is 11.5 Å². The van der Waals surface area contributed by atoms with Crippen LogP contribution in [0.1, 0.15) is 45.1 Å². The molecule has 2 heterocycles. The average Bonchev–Trinajstić information content (AvgIpc) is 3.14. The Morgan fingerprint density at radius 2 is 1.89 bits per heavy atom. The Morgan fingerprint density at radius 3 is 2.50 bits per heavy atom. The molecule has 0 bridgehead atoms. The van der Waals surface area contributed by atoms with Gasteiger partial charge in [0.1, 0.15) is 11.3 Å². The second-order valence-electron chi connectivity index (χ2n) is 8.60. The van der Waals surface area contributed by atoms with Crippen LogP contribution >= 0.6 is 0 Å². The van der Waals surface area contributed by atoms with E-state index in [-0.39, 0.29) is 23.1 Å². The van der Waals surface area contributed by atoms with E-state index in [0.29, 0.717) is 24.4 Å². The number of pyridine rings is 1. The molecule has 0 saturated carbocycles. The van der Waals surface area contributed by atoms with Gasteiger partial charge in [-0.2, -0.15) is 13.2 Å². The fourth-order valence-corrected chi connectivity index (χ4v) is 4.02. The fourth-order valence-electron chi connectivity index (χ4n) is 4.02. The molecule has 0 atom stereocenters. The number of aryl methyl sites for hydroxylation is 1. The van der Waals surface area contributed by atoms with Gasteiger partial charge in [-0.3, -0.25) is 4.79 Å².